The molecule has 0 aliphatic rings. The molecule has 0 amide bonds. The van der Waals surface area contributed by atoms with Gasteiger partial charge < -0.3 is 19.7 Å². The summed E-state index contributed by atoms with van der Waals surface area (Å²) in [5.41, 5.74) is -1.99. The minimum absolute atomic E-state index is 0.0865. The molecule has 0 saturated carbocycles. The number of rotatable bonds is 6. The minimum atomic E-state index is -1.37. The van der Waals surface area contributed by atoms with Crippen molar-refractivity contribution in [2.75, 3.05) is 0 Å². The van der Waals surface area contributed by atoms with Crippen molar-refractivity contribution in [1.29, 1.82) is 10.5 Å². The number of aromatic carboxylic acids is 2. The number of carboxylic acid groups (broad SMARTS) is 2. The van der Waals surface area contributed by atoms with E-state index >= 15 is 8.78 Å². The van der Waals surface area contributed by atoms with Gasteiger partial charge in [0.2, 0.25) is 11.5 Å². The van der Waals surface area contributed by atoms with Crippen LogP contribution < -0.4 is 9.47 Å². The lowest BCUT2D eigenvalue weighted by Gasteiger charge is -2.16. The molecule has 0 aliphatic carbocycles. The van der Waals surface area contributed by atoms with Crippen LogP contribution in [0.3, 0.4) is 0 Å². The number of carbonyl (C=O) groups is 2. The maximum atomic E-state index is 15.0. The molecule has 0 atom stereocenters. The van der Waals surface area contributed by atoms with Crippen LogP contribution in [0.4, 0.5) is 8.78 Å². The van der Waals surface area contributed by atoms with Gasteiger partial charge in [0.05, 0.1) is 11.1 Å². The summed E-state index contributed by atoms with van der Waals surface area (Å²) >= 11 is 0. The van der Waals surface area contributed by atoms with E-state index in [1.807, 2.05) is 0 Å². The Morgan fingerprint density at radius 2 is 1.00 bits per heavy atom. The molecule has 8 nitrogen and oxygen atoms in total. The third-order valence-corrected chi connectivity index (χ3v) is 4.16. The summed E-state index contributed by atoms with van der Waals surface area (Å²) < 4.78 is 40.7. The first-order valence-electron chi connectivity index (χ1n) is 8.64. The zero-order chi connectivity index (χ0) is 23.4. The van der Waals surface area contributed by atoms with E-state index in [4.69, 9.17) is 19.7 Å². The molecule has 0 saturated heterocycles. The molecule has 10 heteroatoms. The molecule has 0 aliphatic heterocycles. The van der Waals surface area contributed by atoms with Gasteiger partial charge in [-0.3, -0.25) is 0 Å². The van der Waals surface area contributed by atoms with Crippen molar-refractivity contribution in [3.8, 4) is 35.1 Å². The summed E-state index contributed by atoms with van der Waals surface area (Å²) in [4.78, 5) is 21.9. The molecule has 0 bridgehead atoms. The van der Waals surface area contributed by atoms with Crippen LogP contribution in [-0.4, -0.2) is 22.2 Å². The van der Waals surface area contributed by atoms with Crippen LogP contribution >= 0.6 is 0 Å². The van der Waals surface area contributed by atoms with Gasteiger partial charge >= 0.3 is 11.9 Å². The number of carboxylic acids is 2. The predicted octanol–water partition coefficient (Wildman–Crippen LogP) is 4.69. The summed E-state index contributed by atoms with van der Waals surface area (Å²) in [5, 5.41) is 36.3. The Labute approximate surface area is 178 Å². The van der Waals surface area contributed by atoms with Gasteiger partial charge in [0.1, 0.15) is 34.8 Å². The second-order valence-corrected chi connectivity index (χ2v) is 6.12. The average molecular weight is 436 g/mol. The summed E-state index contributed by atoms with van der Waals surface area (Å²) in [6.07, 6.45) is 0. The van der Waals surface area contributed by atoms with E-state index in [2.05, 4.69) is 0 Å². The van der Waals surface area contributed by atoms with Crippen LogP contribution in [0, 0.1) is 34.3 Å². The minimum Gasteiger partial charge on any atom is -0.478 e. The number of ether oxygens (including phenoxy) is 2. The lowest BCUT2D eigenvalue weighted by Crippen LogP contribution is -2.04. The van der Waals surface area contributed by atoms with Crippen molar-refractivity contribution in [3.05, 3.63) is 82.4 Å². The average Bonchev–Trinajstić information content (AvgIpc) is 2.78. The second-order valence-electron chi connectivity index (χ2n) is 6.12. The number of nitriles is 2. The molecule has 32 heavy (non-hydrogen) atoms. The third kappa shape index (κ3) is 4.15. The standard InChI is InChI=1S/C22H10F2N2O6/c23-17-15(9-25)16(10-26)18(24)20(32-14-7-3-12(4-8-14)22(29)30)19(17)31-13-5-1-11(2-6-13)21(27)28/h1-8H,(H,27,28)(H,29,30). The Hall–Kier alpha value is -4.96. The molecule has 0 unspecified atom stereocenters. The van der Waals surface area contributed by atoms with Crippen molar-refractivity contribution in [2.45, 2.75) is 0 Å². The van der Waals surface area contributed by atoms with Crippen molar-refractivity contribution in [1.82, 2.24) is 0 Å². The van der Waals surface area contributed by atoms with Crippen LogP contribution in [0.5, 0.6) is 23.0 Å². The van der Waals surface area contributed by atoms with E-state index in [1.165, 1.54) is 36.4 Å². The topological polar surface area (TPSA) is 141 Å². The molecule has 3 aromatic carbocycles. The quantitative estimate of drug-likeness (QED) is 0.567. The number of hydrogen-bond acceptors (Lipinski definition) is 6. The number of halogens is 2. The van der Waals surface area contributed by atoms with Crippen LogP contribution in [0.2, 0.25) is 0 Å². The maximum absolute atomic E-state index is 15.0. The van der Waals surface area contributed by atoms with E-state index in [0.717, 1.165) is 24.3 Å². The number of nitrogens with zero attached hydrogens (tertiary/aromatic N) is 2. The highest BCUT2D eigenvalue weighted by atomic mass is 19.1. The Morgan fingerprint density at radius 1 is 0.688 bits per heavy atom. The number of benzene rings is 3. The zero-order valence-electron chi connectivity index (χ0n) is 15.8. The van der Waals surface area contributed by atoms with Gasteiger partial charge in [-0.1, -0.05) is 0 Å². The van der Waals surface area contributed by atoms with Crippen LogP contribution in [0.1, 0.15) is 31.8 Å². The molecule has 0 fully saturated rings. The van der Waals surface area contributed by atoms with Gasteiger partial charge in [0.25, 0.3) is 0 Å². The molecule has 0 heterocycles. The molecule has 0 radical (unpaired) electrons. The van der Waals surface area contributed by atoms with Crippen LogP contribution in [0.15, 0.2) is 48.5 Å². The van der Waals surface area contributed by atoms with Crippen molar-refractivity contribution >= 4 is 11.9 Å². The predicted molar refractivity (Wildman–Crippen MR) is 103 cm³/mol. The van der Waals surface area contributed by atoms with E-state index in [1.54, 1.807) is 0 Å². The smallest absolute Gasteiger partial charge is 0.335 e. The zero-order valence-corrected chi connectivity index (χ0v) is 15.8. The molecule has 3 rings (SSSR count). The number of hydrogen-bond donors (Lipinski definition) is 2. The monoisotopic (exact) mass is 436 g/mol. The van der Waals surface area contributed by atoms with Crippen molar-refractivity contribution < 1.29 is 38.1 Å². The fourth-order valence-corrected chi connectivity index (χ4v) is 2.60. The third-order valence-electron chi connectivity index (χ3n) is 4.16. The van der Waals surface area contributed by atoms with Gasteiger partial charge in [0, 0.05) is 0 Å². The first-order chi connectivity index (χ1) is 15.3. The first kappa shape index (κ1) is 21.7. The van der Waals surface area contributed by atoms with Crippen molar-refractivity contribution in [3.63, 3.8) is 0 Å². The Morgan fingerprint density at radius 3 is 1.25 bits per heavy atom. The van der Waals surface area contributed by atoms with Gasteiger partial charge in [-0.25, -0.2) is 18.4 Å². The van der Waals surface area contributed by atoms with E-state index in [0.29, 0.717) is 0 Å². The molecule has 3 aromatic rings. The second kappa shape index (κ2) is 8.81. The SMILES string of the molecule is N#Cc1c(F)c(Oc2ccc(C(=O)O)cc2)c(Oc2ccc(C(=O)O)cc2)c(F)c1C#N. The molecule has 0 aromatic heterocycles. The Bertz CT molecular complexity index is 1200. The van der Waals surface area contributed by atoms with E-state index in [-0.39, 0.29) is 22.6 Å². The fraction of sp³-hybridized carbons (Fsp3) is 0. The highest BCUT2D eigenvalue weighted by molar-refractivity contribution is 5.88. The Kier molecular flexibility index (Phi) is 5.99. The molecule has 2 N–H and O–H groups in total. The first-order valence-corrected chi connectivity index (χ1v) is 8.64. The maximum Gasteiger partial charge on any atom is 0.335 e. The van der Waals surface area contributed by atoms with Crippen molar-refractivity contribution in [2.24, 2.45) is 0 Å². The fourth-order valence-electron chi connectivity index (χ4n) is 2.60. The van der Waals surface area contributed by atoms with Gasteiger partial charge in [-0.15, -0.1) is 0 Å². The van der Waals surface area contributed by atoms with Crippen LogP contribution in [0.25, 0.3) is 0 Å². The largest absolute Gasteiger partial charge is 0.478 e. The molecular formula is C22H10F2N2O6. The summed E-state index contributed by atoms with van der Waals surface area (Å²) in [7, 11) is 0. The lowest BCUT2D eigenvalue weighted by molar-refractivity contribution is 0.0686. The van der Waals surface area contributed by atoms with Gasteiger partial charge in [-0.2, -0.15) is 10.5 Å². The van der Waals surface area contributed by atoms with Crippen LogP contribution in [-0.2, 0) is 0 Å². The Balaban J connectivity index is 2.12. The highest BCUT2D eigenvalue weighted by Gasteiger charge is 2.28. The summed E-state index contributed by atoms with van der Waals surface area (Å²) in [6.45, 7) is 0. The molecular weight excluding hydrogens is 426 g/mol. The summed E-state index contributed by atoms with van der Waals surface area (Å²) in [5.74, 6) is -7.09. The van der Waals surface area contributed by atoms with E-state index < -0.39 is 46.2 Å². The van der Waals surface area contributed by atoms with Gasteiger partial charge in [-0.05, 0) is 48.5 Å². The normalized spacial score (nSPS) is 10.0. The molecule has 158 valence electrons. The van der Waals surface area contributed by atoms with E-state index in [9.17, 15) is 20.1 Å². The molecule has 0 spiro atoms. The highest BCUT2D eigenvalue weighted by Crippen LogP contribution is 2.42. The van der Waals surface area contributed by atoms with Gasteiger partial charge in [0.15, 0.2) is 11.6 Å². The lowest BCUT2D eigenvalue weighted by atomic mass is 10.1. The summed E-state index contributed by atoms with van der Waals surface area (Å²) in [6, 6.07) is 12.1.